The highest BCUT2D eigenvalue weighted by atomic mass is 15.2. The molecule has 12 rings (SSSR count). The van der Waals surface area contributed by atoms with Gasteiger partial charge in [-0.15, -0.1) is 0 Å². The SMILES string of the molecule is CC1(C)c2ccccc2-c2c(N(c3ccc(-c4cccc5ccccc45)cc3-n3c4ccccc4c4ccccc43)c3cccc4c3C(C)(C)c3ccccc3-4)cccc21. The lowest BCUT2D eigenvalue weighted by molar-refractivity contribution is 0.659. The summed E-state index contributed by atoms with van der Waals surface area (Å²) in [4.78, 5) is 2.62. The first-order valence-electron chi connectivity index (χ1n) is 21.2. The molecule has 0 bridgehead atoms. The van der Waals surface area contributed by atoms with Gasteiger partial charge in [0.15, 0.2) is 0 Å². The fourth-order valence-electron chi connectivity index (χ4n) is 11.0. The number of nitrogens with zero attached hydrogens (tertiary/aromatic N) is 2. The van der Waals surface area contributed by atoms with Crippen molar-refractivity contribution >= 4 is 49.6 Å². The first-order chi connectivity index (χ1) is 29.3. The maximum atomic E-state index is 2.62. The van der Waals surface area contributed by atoms with Crippen molar-refractivity contribution in [1.82, 2.24) is 4.57 Å². The van der Waals surface area contributed by atoms with Crippen LogP contribution in [0.1, 0.15) is 49.9 Å². The molecule has 286 valence electrons. The van der Waals surface area contributed by atoms with E-state index in [0.717, 1.165) is 11.4 Å². The Bertz CT molecular complexity index is 3340. The summed E-state index contributed by atoms with van der Waals surface area (Å²) in [5.74, 6) is 0. The topological polar surface area (TPSA) is 8.17 Å². The third-order valence-electron chi connectivity index (χ3n) is 13.8. The molecule has 1 aromatic heterocycles. The van der Waals surface area contributed by atoms with Crippen LogP contribution in [0.4, 0.5) is 17.1 Å². The van der Waals surface area contributed by atoms with E-state index < -0.39 is 0 Å². The van der Waals surface area contributed by atoms with Crippen molar-refractivity contribution in [1.29, 1.82) is 0 Å². The summed E-state index contributed by atoms with van der Waals surface area (Å²) in [5.41, 5.74) is 19.7. The molecule has 0 unspecified atom stereocenters. The summed E-state index contributed by atoms with van der Waals surface area (Å²) in [6.45, 7) is 9.58. The van der Waals surface area contributed by atoms with Crippen LogP contribution in [0.3, 0.4) is 0 Å². The highest BCUT2D eigenvalue weighted by Gasteiger charge is 2.42. The maximum Gasteiger partial charge on any atom is 0.0709 e. The number of rotatable bonds is 5. The molecule has 0 radical (unpaired) electrons. The number of hydrogen-bond donors (Lipinski definition) is 0. The van der Waals surface area contributed by atoms with E-state index in [4.69, 9.17) is 0 Å². The first kappa shape index (κ1) is 34.8. The number of para-hydroxylation sites is 2. The third kappa shape index (κ3) is 4.76. The summed E-state index contributed by atoms with van der Waals surface area (Å²) in [6.07, 6.45) is 0. The Morgan fingerprint density at radius 2 is 0.917 bits per heavy atom. The minimum absolute atomic E-state index is 0.157. The molecule has 10 aromatic rings. The van der Waals surface area contributed by atoms with Gasteiger partial charge in [0.25, 0.3) is 0 Å². The molecule has 0 amide bonds. The van der Waals surface area contributed by atoms with E-state index in [9.17, 15) is 0 Å². The average molecular weight is 769 g/mol. The molecule has 2 heteroatoms. The molecular formula is C58H44N2. The van der Waals surface area contributed by atoms with Gasteiger partial charge in [-0.3, -0.25) is 0 Å². The normalized spacial score (nSPS) is 14.3. The number of fused-ring (bicyclic) bond motifs is 10. The number of anilines is 3. The van der Waals surface area contributed by atoms with Crippen LogP contribution in [0.15, 0.2) is 194 Å². The van der Waals surface area contributed by atoms with Crippen molar-refractivity contribution in [3.63, 3.8) is 0 Å². The number of hydrogen-bond acceptors (Lipinski definition) is 1. The Kier molecular flexibility index (Phi) is 7.36. The zero-order chi connectivity index (χ0) is 40.3. The highest BCUT2D eigenvalue weighted by molar-refractivity contribution is 6.11. The molecule has 2 aliphatic rings. The quantitative estimate of drug-likeness (QED) is 0.169. The fraction of sp³-hybridized carbons (Fsp3) is 0.103. The molecule has 0 fully saturated rings. The van der Waals surface area contributed by atoms with Gasteiger partial charge >= 0.3 is 0 Å². The first-order valence-corrected chi connectivity index (χ1v) is 21.2. The summed E-state index contributed by atoms with van der Waals surface area (Å²) in [5, 5.41) is 4.98. The second kappa shape index (κ2) is 12.7. The molecule has 0 saturated carbocycles. The highest BCUT2D eigenvalue weighted by Crippen LogP contribution is 2.59. The minimum atomic E-state index is -0.244. The molecule has 1 heterocycles. The Hall–Kier alpha value is -7.16. The monoisotopic (exact) mass is 768 g/mol. The van der Waals surface area contributed by atoms with Crippen molar-refractivity contribution in [2.75, 3.05) is 4.90 Å². The molecule has 2 nitrogen and oxygen atoms in total. The second-order valence-corrected chi connectivity index (χ2v) is 17.7. The second-order valence-electron chi connectivity index (χ2n) is 17.7. The predicted molar refractivity (Wildman–Crippen MR) is 254 cm³/mol. The Morgan fingerprint density at radius 1 is 0.383 bits per heavy atom. The van der Waals surface area contributed by atoms with Gasteiger partial charge in [-0.1, -0.05) is 185 Å². The lowest BCUT2D eigenvalue weighted by Crippen LogP contribution is -2.22. The molecule has 0 spiro atoms. The van der Waals surface area contributed by atoms with Crippen molar-refractivity contribution in [3.8, 4) is 39.1 Å². The molecule has 0 atom stereocenters. The van der Waals surface area contributed by atoms with Gasteiger partial charge in [0.05, 0.1) is 33.8 Å². The van der Waals surface area contributed by atoms with Crippen molar-refractivity contribution in [2.45, 2.75) is 38.5 Å². The Balaban J connectivity index is 1.24. The maximum absolute atomic E-state index is 2.62. The summed E-state index contributed by atoms with van der Waals surface area (Å²) < 4.78 is 2.52. The van der Waals surface area contributed by atoms with Crippen LogP contribution in [0.2, 0.25) is 0 Å². The number of aromatic nitrogens is 1. The van der Waals surface area contributed by atoms with Crippen molar-refractivity contribution in [3.05, 3.63) is 216 Å². The van der Waals surface area contributed by atoms with Crippen molar-refractivity contribution < 1.29 is 0 Å². The molecule has 0 saturated heterocycles. The largest absolute Gasteiger partial charge is 0.307 e. The fourth-order valence-corrected chi connectivity index (χ4v) is 11.0. The van der Waals surface area contributed by atoms with Crippen LogP contribution in [0.5, 0.6) is 0 Å². The van der Waals surface area contributed by atoms with E-state index in [0.29, 0.717) is 0 Å². The third-order valence-corrected chi connectivity index (χ3v) is 13.8. The Labute approximate surface area is 351 Å². The van der Waals surface area contributed by atoms with E-state index in [1.54, 1.807) is 0 Å². The number of benzene rings is 9. The summed E-state index contributed by atoms with van der Waals surface area (Å²) >= 11 is 0. The summed E-state index contributed by atoms with van der Waals surface area (Å²) in [7, 11) is 0. The lowest BCUT2D eigenvalue weighted by atomic mass is 9.81. The van der Waals surface area contributed by atoms with Crippen LogP contribution in [-0.4, -0.2) is 4.57 Å². The van der Waals surface area contributed by atoms with Gasteiger partial charge in [-0.05, 0) is 97.2 Å². The lowest BCUT2D eigenvalue weighted by Gasteiger charge is -2.35. The van der Waals surface area contributed by atoms with E-state index in [-0.39, 0.29) is 10.8 Å². The molecule has 60 heavy (non-hydrogen) atoms. The zero-order valence-corrected chi connectivity index (χ0v) is 34.4. The van der Waals surface area contributed by atoms with Gasteiger partial charge in [0, 0.05) is 27.2 Å². The smallest absolute Gasteiger partial charge is 0.0709 e. The van der Waals surface area contributed by atoms with Gasteiger partial charge < -0.3 is 9.47 Å². The van der Waals surface area contributed by atoms with Crippen LogP contribution in [0, 0.1) is 0 Å². The van der Waals surface area contributed by atoms with Crippen LogP contribution >= 0.6 is 0 Å². The molecule has 0 N–H and O–H groups in total. The molecule has 9 aromatic carbocycles. The predicted octanol–water partition coefficient (Wildman–Crippen LogP) is 15.7. The standard InChI is InChI=1S/C58H44N2/c1-57(2)47-28-12-8-24-45(47)55-48(57)29-17-32-52(55)60(53-33-16-26-44-41-21-7-11-27-46(41)58(3,4)56(44)53)51-35-34-38(40-25-15-19-37-18-5-6-20-39(37)40)36-54(51)59-49-30-13-9-22-42(49)43-23-10-14-31-50(43)59/h5-36H,1-4H3. The molecule has 0 aliphatic heterocycles. The van der Waals surface area contributed by atoms with E-state index in [2.05, 4.69) is 231 Å². The van der Waals surface area contributed by atoms with E-state index in [1.165, 1.54) is 99.6 Å². The van der Waals surface area contributed by atoms with Gasteiger partial charge in [-0.2, -0.15) is 0 Å². The molecule has 2 aliphatic carbocycles. The van der Waals surface area contributed by atoms with Crippen molar-refractivity contribution in [2.24, 2.45) is 0 Å². The Morgan fingerprint density at radius 3 is 1.68 bits per heavy atom. The van der Waals surface area contributed by atoms with Gasteiger partial charge in [-0.25, -0.2) is 0 Å². The van der Waals surface area contributed by atoms with E-state index >= 15 is 0 Å². The minimum Gasteiger partial charge on any atom is -0.307 e. The van der Waals surface area contributed by atoms with Gasteiger partial charge in [0.2, 0.25) is 0 Å². The van der Waals surface area contributed by atoms with Crippen LogP contribution in [0.25, 0.3) is 71.6 Å². The van der Waals surface area contributed by atoms with Crippen LogP contribution in [-0.2, 0) is 10.8 Å². The van der Waals surface area contributed by atoms with Gasteiger partial charge in [0.1, 0.15) is 0 Å². The van der Waals surface area contributed by atoms with Crippen LogP contribution < -0.4 is 4.90 Å². The average Bonchev–Trinajstić information content (AvgIpc) is 3.84. The molecular weight excluding hydrogens is 725 g/mol. The zero-order valence-electron chi connectivity index (χ0n) is 34.4. The summed E-state index contributed by atoms with van der Waals surface area (Å²) in [6, 6.07) is 72.5. The van der Waals surface area contributed by atoms with E-state index in [1.807, 2.05) is 0 Å².